The molecule has 2 unspecified atom stereocenters. The van der Waals surface area contributed by atoms with Crippen molar-refractivity contribution in [2.75, 3.05) is 6.61 Å². The normalized spacial score (nSPS) is 13.0. The van der Waals surface area contributed by atoms with Gasteiger partial charge in [-0.25, -0.2) is 0 Å². The maximum atomic E-state index is 12.0. The van der Waals surface area contributed by atoms with Gasteiger partial charge in [0.2, 0.25) is 0 Å². The second-order valence-corrected chi connectivity index (χ2v) is 4.86. The van der Waals surface area contributed by atoms with E-state index in [1.807, 2.05) is 0 Å². The van der Waals surface area contributed by atoms with Crippen LogP contribution in [0.1, 0.15) is 25.5 Å². The van der Waals surface area contributed by atoms with Crippen molar-refractivity contribution in [3.05, 3.63) is 29.8 Å². The molecular weight excluding hydrogens is 292 g/mol. The molecule has 0 radical (unpaired) electrons. The number of phenolic OH excluding ortho intramolecular Hbond substituents is 1. The molecule has 0 aromatic heterocycles. The topological polar surface area (TPSA) is 102 Å². The first-order valence-electron chi connectivity index (χ1n) is 6.38. The molecule has 21 heavy (non-hydrogen) atoms. The molecule has 1 aromatic carbocycles. The van der Waals surface area contributed by atoms with Gasteiger partial charge in [0.1, 0.15) is 17.5 Å². The summed E-state index contributed by atoms with van der Waals surface area (Å²) in [4.78, 5) is 23.9. The molecule has 4 N–H and O–H groups in total. The number of esters is 1. The van der Waals surface area contributed by atoms with Gasteiger partial charge in [0.05, 0.1) is 12.6 Å². The first kappa shape index (κ1) is 16.9. The molecule has 0 aliphatic heterocycles. The van der Waals surface area contributed by atoms with E-state index >= 15 is 0 Å². The number of hydrogen-bond acceptors (Lipinski definition) is 5. The highest BCUT2D eigenvalue weighted by atomic mass is 32.1. The van der Waals surface area contributed by atoms with Crippen LogP contribution in [0.15, 0.2) is 24.3 Å². The molecule has 1 rings (SSSR count). The average molecular weight is 310 g/mol. The number of carbonyl (C=O) groups is 2. The third-order valence-electron chi connectivity index (χ3n) is 2.84. The average Bonchev–Trinajstić information content (AvgIpc) is 2.37. The number of phenols is 1. The second kappa shape index (κ2) is 7.58. The fraction of sp³-hybridized carbons (Fsp3) is 0.357. The third-order valence-corrected chi connectivity index (χ3v) is 2.96. The number of aromatic hydroxyl groups is 1. The van der Waals surface area contributed by atoms with Gasteiger partial charge in [0.25, 0.3) is 0 Å². The maximum Gasteiger partial charge on any atom is 0.318 e. The SMILES string of the molecule is CCOC(=O)C(C(C)=O)C(NC(N)=S)c1cccc(O)c1. The first-order chi connectivity index (χ1) is 9.86. The fourth-order valence-electron chi connectivity index (χ4n) is 2.00. The molecule has 0 fully saturated rings. The Balaban J connectivity index is 3.23. The minimum atomic E-state index is -1.10. The van der Waals surface area contributed by atoms with Crippen molar-refractivity contribution in [2.24, 2.45) is 11.7 Å². The van der Waals surface area contributed by atoms with Crippen molar-refractivity contribution in [2.45, 2.75) is 19.9 Å². The van der Waals surface area contributed by atoms with Gasteiger partial charge >= 0.3 is 5.97 Å². The third kappa shape index (κ3) is 4.71. The lowest BCUT2D eigenvalue weighted by Gasteiger charge is -2.25. The molecule has 0 saturated carbocycles. The van der Waals surface area contributed by atoms with E-state index in [1.165, 1.54) is 19.1 Å². The smallest absolute Gasteiger partial charge is 0.318 e. The summed E-state index contributed by atoms with van der Waals surface area (Å²) in [5.74, 6) is -2.14. The summed E-state index contributed by atoms with van der Waals surface area (Å²) in [7, 11) is 0. The molecule has 2 atom stereocenters. The number of ether oxygens (including phenoxy) is 1. The number of hydrogen-bond donors (Lipinski definition) is 3. The molecule has 0 aliphatic rings. The van der Waals surface area contributed by atoms with Crippen LogP contribution >= 0.6 is 12.2 Å². The number of thiocarbonyl (C=S) groups is 1. The van der Waals surface area contributed by atoms with E-state index < -0.39 is 17.9 Å². The van der Waals surface area contributed by atoms with Gasteiger partial charge in [0, 0.05) is 0 Å². The molecule has 114 valence electrons. The van der Waals surface area contributed by atoms with Crippen LogP contribution in [-0.4, -0.2) is 28.6 Å². The summed E-state index contributed by atoms with van der Waals surface area (Å²) in [6.45, 7) is 3.10. The van der Waals surface area contributed by atoms with E-state index in [-0.39, 0.29) is 23.3 Å². The Kier molecular flexibility index (Phi) is 6.10. The van der Waals surface area contributed by atoms with Gasteiger partial charge in [-0.3, -0.25) is 9.59 Å². The summed E-state index contributed by atoms with van der Waals surface area (Å²) >= 11 is 4.80. The van der Waals surface area contributed by atoms with E-state index in [4.69, 9.17) is 22.7 Å². The summed E-state index contributed by atoms with van der Waals surface area (Å²) in [6.07, 6.45) is 0. The van der Waals surface area contributed by atoms with Crippen LogP contribution in [0.4, 0.5) is 0 Å². The number of rotatable bonds is 6. The summed E-state index contributed by atoms with van der Waals surface area (Å²) in [5.41, 5.74) is 5.99. The Morgan fingerprint density at radius 1 is 1.48 bits per heavy atom. The number of carbonyl (C=O) groups excluding carboxylic acids is 2. The zero-order valence-corrected chi connectivity index (χ0v) is 12.6. The molecule has 0 spiro atoms. The quantitative estimate of drug-likeness (QED) is 0.410. The van der Waals surface area contributed by atoms with Crippen LogP contribution in [0, 0.1) is 5.92 Å². The van der Waals surface area contributed by atoms with Crippen LogP contribution in [0.25, 0.3) is 0 Å². The van der Waals surface area contributed by atoms with Crippen molar-refractivity contribution < 1.29 is 19.4 Å². The molecule has 6 nitrogen and oxygen atoms in total. The number of nitrogens with one attached hydrogen (secondary N) is 1. The number of benzene rings is 1. The van der Waals surface area contributed by atoms with Crippen LogP contribution in [-0.2, 0) is 14.3 Å². The van der Waals surface area contributed by atoms with E-state index in [1.54, 1.807) is 19.1 Å². The van der Waals surface area contributed by atoms with Crippen molar-refractivity contribution >= 4 is 29.1 Å². The van der Waals surface area contributed by atoms with Gasteiger partial charge in [-0.2, -0.15) is 0 Å². The Labute approximate surface area is 128 Å². The monoisotopic (exact) mass is 310 g/mol. The van der Waals surface area contributed by atoms with Gasteiger partial charge in [-0.15, -0.1) is 0 Å². The Bertz CT molecular complexity index is 548. The van der Waals surface area contributed by atoms with Crippen LogP contribution in [0.2, 0.25) is 0 Å². The van der Waals surface area contributed by atoms with Crippen molar-refractivity contribution in [1.82, 2.24) is 5.32 Å². The number of nitrogens with two attached hydrogens (primary N) is 1. The largest absolute Gasteiger partial charge is 0.508 e. The van der Waals surface area contributed by atoms with Crippen LogP contribution in [0.5, 0.6) is 5.75 Å². The predicted molar refractivity (Wildman–Crippen MR) is 81.6 cm³/mol. The molecule has 0 bridgehead atoms. The Morgan fingerprint density at radius 2 is 2.14 bits per heavy atom. The molecular formula is C14H18N2O4S. The number of Topliss-reactive ketones (excluding diaryl/α,β-unsaturated/α-hetero) is 1. The molecule has 0 amide bonds. The molecule has 0 saturated heterocycles. The zero-order valence-electron chi connectivity index (χ0n) is 11.8. The summed E-state index contributed by atoms with van der Waals surface area (Å²) < 4.78 is 4.93. The molecule has 7 heteroatoms. The second-order valence-electron chi connectivity index (χ2n) is 4.42. The highest BCUT2D eigenvalue weighted by Gasteiger charge is 2.35. The predicted octanol–water partition coefficient (Wildman–Crippen LogP) is 1.03. The van der Waals surface area contributed by atoms with E-state index in [0.29, 0.717) is 5.56 Å². The molecule has 0 aliphatic carbocycles. The van der Waals surface area contributed by atoms with Crippen molar-refractivity contribution in [1.29, 1.82) is 0 Å². The Hall–Kier alpha value is -2.15. The highest BCUT2D eigenvalue weighted by Crippen LogP contribution is 2.26. The van der Waals surface area contributed by atoms with Gasteiger partial charge in [-0.1, -0.05) is 12.1 Å². The zero-order chi connectivity index (χ0) is 16.0. The minimum absolute atomic E-state index is 0.00778. The first-order valence-corrected chi connectivity index (χ1v) is 6.79. The lowest BCUT2D eigenvalue weighted by Crippen LogP contribution is -2.42. The van der Waals surface area contributed by atoms with Crippen molar-refractivity contribution in [3.8, 4) is 5.75 Å². The summed E-state index contributed by atoms with van der Waals surface area (Å²) in [6, 6.07) is 5.37. The standard InChI is InChI=1S/C14H18N2O4S/c1-3-20-13(19)11(8(2)17)12(16-14(15)21)9-5-4-6-10(18)7-9/h4-7,11-12,18H,3H2,1-2H3,(H3,15,16,21). The minimum Gasteiger partial charge on any atom is -0.508 e. The van der Waals surface area contributed by atoms with E-state index in [2.05, 4.69) is 5.32 Å². The lowest BCUT2D eigenvalue weighted by atomic mass is 9.90. The van der Waals surface area contributed by atoms with E-state index in [9.17, 15) is 14.7 Å². The van der Waals surface area contributed by atoms with Crippen molar-refractivity contribution in [3.63, 3.8) is 0 Å². The Morgan fingerprint density at radius 3 is 2.62 bits per heavy atom. The maximum absolute atomic E-state index is 12.0. The van der Waals surface area contributed by atoms with Crippen LogP contribution in [0.3, 0.4) is 0 Å². The molecule has 0 heterocycles. The molecule has 1 aromatic rings. The highest BCUT2D eigenvalue weighted by molar-refractivity contribution is 7.80. The summed E-state index contributed by atoms with van der Waals surface area (Å²) in [5, 5.41) is 12.2. The lowest BCUT2D eigenvalue weighted by molar-refractivity contribution is -0.152. The van der Waals surface area contributed by atoms with E-state index in [0.717, 1.165) is 0 Å². The fourth-order valence-corrected chi connectivity index (χ4v) is 2.13. The van der Waals surface area contributed by atoms with Crippen LogP contribution < -0.4 is 11.1 Å². The van der Waals surface area contributed by atoms with Gasteiger partial charge < -0.3 is 20.9 Å². The number of ketones is 1. The van der Waals surface area contributed by atoms with Gasteiger partial charge in [0.15, 0.2) is 5.11 Å². The van der Waals surface area contributed by atoms with Gasteiger partial charge in [-0.05, 0) is 43.8 Å².